The lowest BCUT2D eigenvalue weighted by molar-refractivity contribution is -0.161. The van der Waals surface area contributed by atoms with E-state index in [9.17, 15) is 5.11 Å². The van der Waals surface area contributed by atoms with Crippen molar-refractivity contribution in [1.29, 1.82) is 0 Å². The third kappa shape index (κ3) is 0.607. The fraction of sp³-hybridized carbons (Fsp3) is 0.750. The maximum absolute atomic E-state index is 9.61. The molecule has 3 aliphatic rings. The molecule has 0 spiro atoms. The van der Waals surface area contributed by atoms with E-state index in [1.807, 2.05) is 0 Å². The molecule has 1 N–H and O–H groups in total. The van der Waals surface area contributed by atoms with Crippen LogP contribution < -0.4 is 0 Å². The Balaban J connectivity index is 2.09. The Bertz CT molecular complexity index is 233. The molecule has 0 aromatic carbocycles. The Hall–Kier alpha value is -0.540. The van der Waals surface area contributed by atoms with Crippen molar-refractivity contribution in [3.63, 3.8) is 0 Å². The summed E-state index contributed by atoms with van der Waals surface area (Å²) in [5.41, 5.74) is 1.09. The molecule has 2 aliphatic heterocycles. The molecule has 1 aliphatic carbocycles. The predicted octanol–water partition coefficient (Wildman–Crippen LogP) is 0.821. The fourth-order valence-corrected chi connectivity index (χ4v) is 2.28. The van der Waals surface area contributed by atoms with E-state index in [4.69, 9.17) is 9.47 Å². The highest BCUT2D eigenvalue weighted by Gasteiger charge is 2.47. The van der Waals surface area contributed by atoms with Crippen LogP contribution >= 0.6 is 0 Å². The van der Waals surface area contributed by atoms with Crippen molar-refractivity contribution in [3.8, 4) is 0 Å². The molecule has 3 nitrogen and oxygen atoms in total. The molecule has 2 bridgehead atoms. The number of ether oxygens (including phenoxy) is 2. The van der Waals surface area contributed by atoms with Gasteiger partial charge in [0, 0.05) is 17.4 Å². The molecular weight excluding hydrogens is 144 g/mol. The van der Waals surface area contributed by atoms with Gasteiger partial charge in [-0.15, -0.1) is 0 Å². The van der Waals surface area contributed by atoms with Crippen LogP contribution in [0, 0.1) is 11.8 Å². The van der Waals surface area contributed by atoms with Gasteiger partial charge >= 0.3 is 0 Å². The molecule has 3 atom stereocenters. The quantitative estimate of drug-likeness (QED) is 0.561. The van der Waals surface area contributed by atoms with E-state index in [-0.39, 0.29) is 12.2 Å². The second-order valence-corrected chi connectivity index (χ2v) is 3.46. The van der Waals surface area contributed by atoms with Gasteiger partial charge in [0.1, 0.15) is 0 Å². The Morgan fingerprint density at radius 1 is 1.36 bits per heavy atom. The fourth-order valence-electron chi connectivity index (χ4n) is 2.28. The van der Waals surface area contributed by atoms with Crippen LogP contribution in [0.5, 0.6) is 0 Å². The Labute approximate surface area is 64.6 Å². The second kappa shape index (κ2) is 1.79. The zero-order chi connectivity index (χ0) is 7.42. The van der Waals surface area contributed by atoms with E-state index in [0.29, 0.717) is 24.9 Å². The number of rotatable bonds is 0. The third-order valence-corrected chi connectivity index (χ3v) is 2.90. The third-order valence-electron chi connectivity index (χ3n) is 2.90. The molecule has 0 aromatic heterocycles. The predicted molar refractivity (Wildman–Crippen MR) is 36.9 cm³/mol. The highest BCUT2D eigenvalue weighted by molar-refractivity contribution is 5.26. The van der Waals surface area contributed by atoms with Crippen molar-refractivity contribution in [2.75, 3.05) is 13.2 Å². The Morgan fingerprint density at radius 3 is 3.18 bits per heavy atom. The monoisotopic (exact) mass is 154 g/mol. The van der Waals surface area contributed by atoms with E-state index in [0.717, 1.165) is 12.0 Å². The summed E-state index contributed by atoms with van der Waals surface area (Å²) in [6.07, 6.45) is 0.983. The van der Waals surface area contributed by atoms with Crippen molar-refractivity contribution in [2.45, 2.75) is 12.7 Å². The van der Waals surface area contributed by atoms with Crippen LogP contribution in [0.1, 0.15) is 6.42 Å². The van der Waals surface area contributed by atoms with Crippen LogP contribution in [0.4, 0.5) is 0 Å². The molecule has 11 heavy (non-hydrogen) atoms. The summed E-state index contributed by atoms with van der Waals surface area (Å²) in [6, 6.07) is 0. The minimum Gasteiger partial charge on any atom is -0.512 e. The molecule has 2 saturated heterocycles. The van der Waals surface area contributed by atoms with E-state index < -0.39 is 0 Å². The topological polar surface area (TPSA) is 38.7 Å². The van der Waals surface area contributed by atoms with Gasteiger partial charge in [0.25, 0.3) is 0 Å². The lowest BCUT2D eigenvalue weighted by Gasteiger charge is -2.25. The van der Waals surface area contributed by atoms with Crippen LogP contribution in [0.2, 0.25) is 0 Å². The maximum atomic E-state index is 9.61. The van der Waals surface area contributed by atoms with Gasteiger partial charge in [-0.2, -0.15) is 0 Å². The Kier molecular flexibility index (Phi) is 0.980. The Morgan fingerprint density at radius 2 is 2.27 bits per heavy atom. The molecular formula is C8H10O3. The maximum Gasteiger partial charge on any atom is 0.164 e. The number of hydrogen-bond acceptors (Lipinski definition) is 3. The number of aliphatic hydroxyl groups is 1. The van der Waals surface area contributed by atoms with Gasteiger partial charge in [-0.1, -0.05) is 0 Å². The zero-order valence-corrected chi connectivity index (χ0v) is 6.12. The van der Waals surface area contributed by atoms with Gasteiger partial charge in [0.05, 0.1) is 19.0 Å². The number of fused-ring (bicyclic) bond motifs is 1. The molecule has 3 heteroatoms. The molecule has 3 rings (SSSR count). The van der Waals surface area contributed by atoms with Crippen LogP contribution in [0.15, 0.2) is 11.3 Å². The van der Waals surface area contributed by atoms with Crippen molar-refractivity contribution in [3.05, 3.63) is 11.3 Å². The number of aliphatic hydroxyl groups excluding tert-OH is 1. The standard InChI is InChI=1S/C8H10O3/c9-7-4-1-5-6(7)3-11-8(5)10-2-4/h4-5,8-9H,1-3H2. The molecule has 0 radical (unpaired) electrons. The first-order valence-corrected chi connectivity index (χ1v) is 4.01. The van der Waals surface area contributed by atoms with Crippen LogP contribution in [0.3, 0.4) is 0 Å². The molecule has 2 heterocycles. The molecule has 60 valence electrons. The van der Waals surface area contributed by atoms with Crippen LogP contribution in [-0.2, 0) is 9.47 Å². The van der Waals surface area contributed by atoms with Gasteiger partial charge < -0.3 is 14.6 Å². The van der Waals surface area contributed by atoms with Crippen molar-refractivity contribution >= 4 is 0 Å². The van der Waals surface area contributed by atoms with Crippen molar-refractivity contribution < 1.29 is 14.6 Å². The van der Waals surface area contributed by atoms with Crippen LogP contribution in [-0.4, -0.2) is 24.6 Å². The SMILES string of the molecule is OC1=C2COC3OCC1CC23. The zero-order valence-electron chi connectivity index (χ0n) is 6.12. The van der Waals surface area contributed by atoms with Gasteiger partial charge in [-0.25, -0.2) is 0 Å². The summed E-state index contributed by atoms with van der Waals surface area (Å²) < 4.78 is 10.7. The average molecular weight is 154 g/mol. The summed E-state index contributed by atoms with van der Waals surface area (Å²) in [5.74, 6) is 1.19. The van der Waals surface area contributed by atoms with Gasteiger partial charge in [0.2, 0.25) is 0 Å². The highest BCUT2D eigenvalue weighted by Crippen LogP contribution is 2.46. The molecule has 0 aromatic rings. The first-order chi connectivity index (χ1) is 5.36. The smallest absolute Gasteiger partial charge is 0.164 e. The first-order valence-electron chi connectivity index (χ1n) is 4.01. The molecule has 0 saturated carbocycles. The summed E-state index contributed by atoms with van der Waals surface area (Å²) >= 11 is 0. The summed E-state index contributed by atoms with van der Waals surface area (Å²) in [4.78, 5) is 0. The van der Waals surface area contributed by atoms with Crippen molar-refractivity contribution in [2.24, 2.45) is 11.8 Å². The van der Waals surface area contributed by atoms with Gasteiger partial charge in [0.15, 0.2) is 6.29 Å². The summed E-state index contributed by atoms with van der Waals surface area (Å²) in [6.45, 7) is 1.22. The lowest BCUT2D eigenvalue weighted by Crippen LogP contribution is -2.28. The van der Waals surface area contributed by atoms with Crippen LogP contribution in [0.25, 0.3) is 0 Å². The van der Waals surface area contributed by atoms with E-state index in [1.165, 1.54) is 0 Å². The molecule has 0 amide bonds. The largest absolute Gasteiger partial charge is 0.512 e. The minimum atomic E-state index is -0.0501. The minimum absolute atomic E-state index is 0.0501. The number of hydrogen-bond donors (Lipinski definition) is 1. The van der Waals surface area contributed by atoms with E-state index in [2.05, 4.69) is 0 Å². The van der Waals surface area contributed by atoms with E-state index in [1.54, 1.807) is 0 Å². The van der Waals surface area contributed by atoms with E-state index >= 15 is 0 Å². The van der Waals surface area contributed by atoms with Crippen molar-refractivity contribution in [1.82, 2.24) is 0 Å². The van der Waals surface area contributed by atoms with Gasteiger partial charge in [-0.05, 0) is 6.42 Å². The molecule has 3 unspecified atom stereocenters. The highest BCUT2D eigenvalue weighted by atomic mass is 16.7. The molecule has 2 fully saturated rings. The normalized spacial score (nSPS) is 47.1. The lowest BCUT2D eigenvalue weighted by atomic mass is 9.99. The van der Waals surface area contributed by atoms with Gasteiger partial charge in [-0.3, -0.25) is 0 Å². The summed E-state index contributed by atoms with van der Waals surface area (Å²) in [5, 5.41) is 9.61. The average Bonchev–Trinajstić information content (AvgIpc) is 2.51. The second-order valence-electron chi connectivity index (χ2n) is 3.46. The first kappa shape index (κ1) is 6.03. The summed E-state index contributed by atoms with van der Waals surface area (Å²) in [7, 11) is 0.